The Morgan fingerprint density at radius 3 is 2.67 bits per heavy atom. The van der Waals surface area contributed by atoms with E-state index in [1.807, 2.05) is 5.57 Å². The number of aliphatic hydroxyl groups is 1. The maximum absolute atomic E-state index is 10.2. The number of aliphatic hydroxyl groups excluding tert-OH is 1. The fraction of sp³-hybridized carbons (Fsp3) is 0.923. The molecule has 154 valence electrons. The third-order valence-corrected chi connectivity index (χ3v) is 9.50. The maximum atomic E-state index is 10.2. The van der Waals surface area contributed by atoms with Crippen LogP contribution in [0.15, 0.2) is 11.1 Å². The number of hydrogen-bond acceptors (Lipinski definition) is 1. The van der Waals surface area contributed by atoms with Crippen LogP contribution in [0, 0.1) is 40.9 Å². The zero-order chi connectivity index (χ0) is 19.2. The Bertz CT molecular complexity index is 561. The molecule has 0 radical (unpaired) electrons. The molecule has 2 fully saturated rings. The summed E-state index contributed by atoms with van der Waals surface area (Å²) in [7, 11) is 0. The Hall–Kier alpha value is -0.300. The molecule has 1 nitrogen and oxygen atoms in total. The van der Waals surface area contributed by atoms with Crippen LogP contribution in [0.1, 0.15) is 105 Å². The zero-order valence-corrected chi connectivity index (χ0v) is 18.5. The summed E-state index contributed by atoms with van der Waals surface area (Å²) in [6.45, 7) is 9.89. The number of hydrogen-bond donors (Lipinski definition) is 1. The van der Waals surface area contributed by atoms with Crippen molar-refractivity contribution in [1.82, 2.24) is 0 Å². The first-order valence-corrected chi connectivity index (χ1v) is 12.3. The van der Waals surface area contributed by atoms with Crippen molar-refractivity contribution in [1.29, 1.82) is 0 Å². The van der Waals surface area contributed by atoms with Crippen molar-refractivity contribution >= 4 is 0 Å². The van der Waals surface area contributed by atoms with Gasteiger partial charge in [-0.05, 0) is 98.7 Å². The molecule has 0 aromatic heterocycles. The van der Waals surface area contributed by atoms with Crippen LogP contribution >= 0.6 is 0 Å². The van der Waals surface area contributed by atoms with Gasteiger partial charge in [-0.3, -0.25) is 0 Å². The molecule has 4 aliphatic rings. The molecule has 0 aromatic carbocycles. The van der Waals surface area contributed by atoms with Gasteiger partial charge in [0.1, 0.15) is 0 Å². The van der Waals surface area contributed by atoms with E-state index in [9.17, 15) is 5.11 Å². The van der Waals surface area contributed by atoms with Crippen LogP contribution in [0.5, 0.6) is 0 Å². The first-order valence-electron chi connectivity index (χ1n) is 12.3. The Kier molecular flexibility index (Phi) is 5.81. The fourth-order valence-corrected chi connectivity index (χ4v) is 8.04. The van der Waals surface area contributed by atoms with E-state index in [0.29, 0.717) is 5.41 Å². The molecule has 0 aliphatic heterocycles. The van der Waals surface area contributed by atoms with Crippen LogP contribution in [0.25, 0.3) is 0 Å². The van der Waals surface area contributed by atoms with E-state index in [1.54, 1.807) is 5.57 Å². The normalized spacial score (nSPS) is 44.2. The van der Waals surface area contributed by atoms with Gasteiger partial charge in [0.25, 0.3) is 0 Å². The Morgan fingerprint density at radius 1 is 1.07 bits per heavy atom. The SMILES string of the molecule is CC(C)CCCCC1CCC2C3CC(C)C4=C(CCC(O)C4)C3CCC12C. The van der Waals surface area contributed by atoms with E-state index < -0.39 is 0 Å². The lowest BCUT2D eigenvalue weighted by atomic mass is 9.51. The number of fused-ring (bicyclic) bond motifs is 4. The van der Waals surface area contributed by atoms with Gasteiger partial charge in [-0.1, -0.05) is 58.1 Å². The molecule has 0 bridgehead atoms. The summed E-state index contributed by atoms with van der Waals surface area (Å²) in [5.74, 6) is 5.40. The molecule has 0 aromatic rings. The van der Waals surface area contributed by atoms with E-state index >= 15 is 0 Å². The third kappa shape index (κ3) is 3.67. The fourth-order valence-electron chi connectivity index (χ4n) is 8.04. The summed E-state index contributed by atoms with van der Waals surface area (Å²) in [6, 6.07) is 0. The molecule has 0 heterocycles. The predicted molar refractivity (Wildman–Crippen MR) is 115 cm³/mol. The van der Waals surface area contributed by atoms with Crippen molar-refractivity contribution in [2.24, 2.45) is 40.9 Å². The number of allylic oxidation sites excluding steroid dienone is 1. The van der Waals surface area contributed by atoms with Crippen LogP contribution in [0.2, 0.25) is 0 Å². The summed E-state index contributed by atoms with van der Waals surface area (Å²) in [4.78, 5) is 0. The lowest BCUT2D eigenvalue weighted by Gasteiger charge is -2.54. The van der Waals surface area contributed by atoms with E-state index in [2.05, 4.69) is 27.7 Å². The minimum absolute atomic E-state index is 0.0571. The van der Waals surface area contributed by atoms with Crippen LogP contribution < -0.4 is 0 Å². The summed E-state index contributed by atoms with van der Waals surface area (Å²) in [5, 5.41) is 10.2. The maximum Gasteiger partial charge on any atom is 0.0580 e. The quantitative estimate of drug-likeness (QED) is 0.401. The van der Waals surface area contributed by atoms with Crippen molar-refractivity contribution in [3.63, 3.8) is 0 Å². The molecule has 1 N–H and O–H groups in total. The number of rotatable bonds is 5. The molecule has 0 saturated heterocycles. The average molecular weight is 373 g/mol. The van der Waals surface area contributed by atoms with E-state index in [0.717, 1.165) is 48.3 Å². The van der Waals surface area contributed by atoms with E-state index in [4.69, 9.17) is 0 Å². The highest BCUT2D eigenvalue weighted by molar-refractivity contribution is 5.29. The van der Waals surface area contributed by atoms with Gasteiger partial charge in [0.15, 0.2) is 0 Å². The molecule has 1 heteroatoms. The third-order valence-electron chi connectivity index (χ3n) is 9.50. The topological polar surface area (TPSA) is 20.2 Å². The lowest BCUT2D eigenvalue weighted by molar-refractivity contribution is 0.000922. The Labute approximate surface area is 168 Å². The second-order valence-electron chi connectivity index (χ2n) is 11.5. The van der Waals surface area contributed by atoms with Crippen molar-refractivity contribution in [2.75, 3.05) is 0 Å². The van der Waals surface area contributed by atoms with Crippen LogP contribution in [0.4, 0.5) is 0 Å². The van der Waals surface area contributed by atoms with E-state index in [-0.39, 0.29) is 6.10 Å². The second kappa shape index (κ2) is 7.85. The molecule has 7 unspecified atom stereocenters. The molecular formula is C26H44O. The second-order valence-corrected chi connectivity index (χ2v) is 11.5. The number of unbranched alkanes of at least 4 members (excludes halogenated alkanes) is 1. The van der Waals surface area contributed by atoms with Gasteiger partial charge in [0.2, 0.25) is 0 Å². The summed E-state index contributed by atoms with van der Waals surface area (Å²) < 4.78 is 0. The zero-order valence-electron chi connectivity index (χ0n) is 18.5. The van der Waals surface area contributed by atoms with Gasteiger partial charge < -0.3 is 5.11 Å². The minimum Gasteiger partial charge on any atom is -0.393 e. The van der Waals surface area contributed by atoms with Gasteiger partial charge in [0.05, 0.1) is 6.10 Å². The molecule has 0 amide bonds. The van der Waals surface area contributed by atoms with Gasteiger partial charge in [0, 0.05) is 0 Å². The summed E-state index contributed by atoms with van der Waals surface area (Å²) >= 11 is 0. The first-order chi connectivity index (χ1) is 12.9. The van der Waals surface area contributed by atoms with Crippen molar-refractivity contribution in [2.45, 2.75) is 111 Å². The largest absolute Gasteiger partial charge is 0.393 e. The molecule has 4 aliphatic carbocycles. The smallest absolute Gasteiger partial charge is 0.0580 e. The van der Waals surface area contributed by atoms with Crippen molar-refractivity contribution < 1.29 is 5.11 Å². The standard InChI is InChI=1S/C26H44O/c1-17(2)7-5-6-8-19-9-12-25-24-15-18(3)23-16-20(27)10-11-21(23)22(24)13-14-26(19,25)4/h17-20,22,24-25,27H,5-16H2,1-4H3. The van der Waals surface area contributed by atoms with Crippen LogP contribution in [-0.4, -0.2) is 11.2 Å². The van der Waals surface area contributed by atoms with Crippen molar-refractivity contribution in [3.8, 4) is 0 Å². The Morgan fingerprint density at radius 2 is 1.89 bits per heavy atom. The molecule has 27 heavy (non-hydrogen) atoms. The highest BCUT2D eigenvalue weighted by atomic mass is 16.3. The van der Waals surface area contributed by atoms with Crippen LogP contribution in [-0.2, 0) is 0 Å². The molecule has 2 saturated carbocycles. The minimum atomic E-state index is -0.0571. The van der Waals surface area contributed by atoms with Gasteiger partial charge in [-0.25, -0.2) is 0 Å². The average Bonchev–Trinajstić information content (AvgIpc) is 2.96. The van der Waals surface area contributed by atoms with Gasteiger partial charge in [-0.2, -0.15) is 0 Å². The molecular weight excluding hydrogens is 328 g/mol. The highest BCUT2D eigenvalue weighted by Crippen LogP contribution is 2.64. The van der Waals surface area contributed by atoms with Gasteiger partial charge >= 0.3 is 0 Å². The van der Waals surface area contributed by atoms with Crippen LogP contribution in [0.3, 0.4) is 0 Å². The highest BCUT2D eigenvalue weighted by Gasteiger charge is 2.55. The monoisotopic (exact) mass is 372 g/mol. The van der Waals surface area contributed by atoms with Crippen molar-refractivity contribution in [3.05, 3.63) is 11.1 Å². The van der Waals surface area contributed by atoms with E-state index in [1.165, 1.54) is 64.2 Å². The molecule has 7 atom stereocenters. The Balaban J connectivity index is 1.46. The lowest BCUT2D eigenvalue weighted by Crippen LogP contribution is -2.45. The van der Waals surface area contributed by atoms with Gasteiger partial charge in [-0.15, -0.1) is 0 Å². The first kappa shape index (κ1) is 20.0. The molecule has 0 spiro atoms. The summed E-state index contributed by atoms with van der Waals surface area (Å²) in [6.07, 6.45) is 16.3. The molecule has 4 rings (SSSR count). The predicted octanol–water partition coefficient (Wildman–Crippen LogP) is 7.14. The summed E-state index contributed by atoms with van der Waals surface area (Å²) in [5.41, 5.74) is 4.14.